The van der Waals surface area contributed by atoms with E-state index in [0.29, 0.717) is 18.0 Å². The third kappa shape index (κ3) is 3.56. The lowest BCUT2D eigenvalue weighted by Gasteiger charge is -2.10. The molecule has 0 unspecified atom stereocenters. The van der Waals surface area contributed by atoms with Crippen LogP contribution in [0.25, 0.3) is 10.8 Å². The van der Waals surface area contributed by atoms with Crippen LogP contribution in [0, 0.1) is 0 Å². The van der Waals surface area contributed by atoms with Crippen molar-refractivity contribution >= 4 is 20.8 Å². The molecule has 0 amide bonds. The van der Waals surface area contributed by atoms with Crippen molar-refractivity contribution in [3.63, 3.8) is 0 Å². The second-order valence-electron chi connectivity index (χ2n) is 4.63. The van der Waals surface area contributed by atoms with Crippen molar-refractivity contribution in [3.8, 4) is 0 Å². The van der Waals surface area contributed by atoms with E-state index in [9.17, 15) is 8.42 Å². The molecule has 20 heavy (non-hydrogen) atoms. The number of fused-ring (bicyclic) bond motifs is 1. The number of sulfonamides is 1. The largest absolute Gasteiger partial charge is 0.315 e. The van der Waals surface area contributed by atoms with Gasteiger partial charge in [0, 0.05) is 18.5 Å². The average Bonchev–Trinajstić information content (AvgIpc) is 2.46. The zero-order valence-corrected chi connectivity index (χ0v) is 12.4. The van der Waals surface area contributed by atoms with E-state index in [1.54, 1.807) is 12.1 Å². The SMILES string of the molecule is CCCNCCNS(=O)(=O)c1cccc2ccccc12. The molecule has 0 saturated heterocycles. The highest BCUT2D eigenvalue weighted by atomic mass is 32.2. The van der Waals surface area contributed by atoms with Crippen molar-refractivity contribution in [2.45, 2.75) is 18.2 Å². The summed E-state index contributed by atoms with van der Waals surface area (Å²) in [5, 5.41) is 4.85. The van der Waals surface area contributed by atoms with E-state index in [-0.39, 0.29) is 0 Å². The van der Waals surface area contributed by atoms with Gasteiger partial charge >= 0.3 is 0 Å². The van der Waals surface area contributed by atoms with E-state index in [1.165, 1.54) is 0 Å². The normalized spacial score (nSPS) is 11.8. The Morgan fingerprint density at radius 1 is 0.950 bits per heavy atom. The van der Waals surface area contributed by atoms with Gasteiger partial charge in [0.15, 0.2) is 0 Å². The smallest absolute Gasteiger partial charge is 0.241 e. The van der Waals surface area contributed by atoms with E-state index in [2.05, 4.69) is 17.0 Å². The molecule has 0 aliphatic carbocycles. The highest BCUT2D eigenvalue weighted by Crippen LogP contribution is 2.22. The molecule has 0 radical (unpaired) electrons. The molecule has 2 aromatic rings. The summed E-state index contributed by atoms with van der Waals surface area (Å²) >= 11 is 0. The van der Waals surface area contributed by atoms with Gasteiger partial charge in [0.05, 0.1) is 4.90 Å². The Bertz CT molecular complexity index is 663. The van der Waals surface area contributed by atoms with Crippen LogP contribution < -0.4 is 10.0 Å². The van der Waals surface area contributed by atoms with Crippen LogP contribution in [0.4, 0.5) is 0 Å². The first-order valence-electron chi connectivity index (χ1n) is 6.83. The van der Waals surface area contributed by atoms with E-state index >= 15 is 0 Å². The Hall–Kier alpha value is -1.43. The number of hydrogen-bond donors (Lipinski definition) is 2. The summed E-state index contributed by atoms with van der Waals surface area (Å²) in [6.45, 7) is 4.01. The van der Waals surface area contributed by atoms with Gasteiger partial charge in [0.25, 0.3) is 0 Å². The lowest BCUT2D eigenvalue weighted by Crippen LogP contribution is -2.32. The van der Waals surface area contributed by atoms with Gasteiger partial charge in [-0.15, -0.1) is 0 Å². The van der Waals surface area contributed by atoms with E-state index in [4.69, 9.17) is 0 Å². The zero-order chi connectivity index (χ0) is 14.4. The molecule has 2 N–H and O–H groups in total. The van der Waals surface area contributed by atoms with Crippen LogP contribution in [0.5, 0.6) is 0 Å². The summed E-state index contributed by atoms with van der Waals surface area (Å²) in [6, 6.07) is 12.8. The maximum atomic E-state index is 12.3. The molecule has 0 spiro atoms. The predicted molar refractivity (Wildman–Crippen MR) is 82.3 cm³/mol. The van der Waals surface area contributed by atoms with Crippen LogP contribution in [-0.4, -0.2) is 28.1 Å². The topological polar surface area (TPSA) is 58.2 Å². The van der Waals surface area contributed by atoms with Gasteiger partial charge in [-0.25, -0.2) is 13.1 Å². The highest BCUT2D eigenvalue weighted by Gasteiger charge is 2.15. The third-order valence-electron chi connectivity index (χ3n) is 3.06. The minimum Gasteiger partial charge on any atom is -0.315 e. The summed E-state index contributed by atoms with van der Waals surface area (Å²) in [6.07, 6.45) is 1.04. The van der Waals surface area contributed by atoms with Crippen LogP contribution in [0.3, 0.4) is 0 Å². The van der Waals surface area contributed by atoms with Crippen molar-refractivity contribution < 1.29 is 8.42 Å². The summed E-state index contributed by atoms with van der Waals surface area (Å²) in [5.74, 6) is 0. The molecule has 2 aromatic carbocycles. The van der Waals surface area contributed by atoms with Crippen molar-refractivity contribution in [3.05, 3.63) is 42.5 Å². The molecule has 0 aromatic heterocycles. The van der Waals surface area contributed by atoms with Gasteiger partial charge < -0.3 is 5.32 Å². The Labute approximate surface area is 120 Å². The summed E-state index contributed by atoms with van der Waals surface area (Å²) in [7, 11) is -3.46. The fraction of sp³-hybridized carbons (Fsp3) is 0.333. The molecule has 0 saturated carbocycles. The van der Waals surface area contributed by atoms with Crippen LogP contribution in [0.2, 0.25) is 0 Å². The molecular formula is C15H20N2O2S. The Kier molecular flexibility index (Phi) is 5.11. The van der Waals surface area contributed by atoms with Gasteiger partial charge in [0.1, 0.15) is 0 Å². The van der Waals surface area contributed by atoms with E-state index < -0.39 is 10.0 Å². The fourth-order valence-corrected chi connectivity index (χ4v) is 3.34. The van der Waals surface area contributed by atoms with Crippen molar-refractivity contribution in [2.24, 2.45) is 0 Å². The first-order chi connectivity index (χ1) is 9.65. The van der Waals surface area contributed by atoms with Gasteiger partial charge in [-0.05, 0) is 24.4 Å². The standard InChI is InChI=1S/C15H20N2O2S/c1-2-10-16-11-12-17-20(18,19)15-9-5-7-13-6-3-4-8-14(13)15/h3-9,16-17H,2,10-12H2,1H3. The number of benzene rings is 2. The molecule has 0 aliphatic heterocycles. The fourth-order valence-electron chi connectivity index (χ4n) is 2.08. The zero-order valence-electron chi connectivity index (χ0n) is 11.6. The first-order valence-corrected chi connectivity index (χ1v) is 8.31. The molecule has 0 atom stereocenters. The van der Waals surface area contributed by atoms with Crippen molar-refractivity contribution in [1.82, 2.24) is 10.0 Å². The lowest BCUT2D eigenvalue weighted by molar-refractivity contribution is 0.576. The number of hydrogen-bond acceptors (Lipinski definition) is 3. The summed E-state index contributed by atoms with van der Waals surface area (Å²) in [5.41, 5.74) is 0. The summed E-state index contributed by atoms with van der Waals surface area (Å²) < 4.78 is 27.3. The third-order valence-corrected chi connectivity index (χ3v) is 4.58. The first kappa shape index (κ1) is 15.0. The van der Waals surface area contributed by atoms with Gasteiger partial charge in [0.2, 0.25) is 10.0 Å². The maximum Gasteiger partial charge on any atom is 0.241 e. The second-order valence-corrected chi connectivity index (χ2v) is 6.36. The molecule has 0 heterocycles. The Morgan fingerprint density at radius 2 is 1.70 bits per heavy atom. The number of rotatable bonds is 7. The maximum absolute atomic E-state index is 12.3. The number of nitrogens with one attached hydrogen (secondary N) is 2. The molecular weight excluding hydrogens is 272 g/mol. The van der Waals surface area contributed by atoms with Gasteiger partial charge in [-0.3, -0.25) is 0 Å². The average molecular weight is 292 g/mol. The molecule has 0 aliphatic rings. The molecule has 108 valence electrons. The van der Waals surface area contributed by atoms with Gasteiger partial charge in [-0.1, -0.05) is 43.3 Å². The predicted octanol–water partition coefficient (Wildman–Crippen LogP) is 2.12. The molecule has 0 fully saturated rings. The van der Waals surface area contributed by atoms with E-state index in [1.807, 2.05) is 30.3 Å². The van der Waals surface area contributed by atoms with Crippen LogP contribution in [-0.2, 0) is 10.0 Å². The van der Waals surface area contributed by atoms with Crippen molar-refractivity contribution in [2.75, 3.05) is 19.6 Å². The minimum atomic E-state index is -3.46. The van der Waals surface area contributed by atoms with Crippen LogP contribution in [0.15, 0.2) is 47.4 Å². The van der Waals surface area contributed by atoms with Gasteiger partial charge in [-0.2, -0.15) is 0 Å². The lowest BCUT2D eigenvalue weighted by atomic mass is 10.1. The second kappa shape index (κ2) is 6.83. The summed E-state index contributed by atoms with van der Waals surface area (Å²) in [4.78, 5) is 0.339. The van der Waals surface area contributed by atoms with Crippen LogP contribution in [0.1, 0.15) is 13.3 Å². The Balaban J connectivity index is 2.15. The highest BCUT2D eigenvalue weighted by molar-refractivity contribution is 7.89. The molecule has 4 nitrogen and oxygen atoms in total. The molecule has 5 heteroatoms. The molecule has 2 rings (SSSR count). The monoisotopic (exact) mass is 292 g/mol. The quantitative estimate of drug-likeness (QED) is 0.769. The van der Waals surface area contributed by atoms with Crippen molar-refractivity contribution in [1.29, 1.82) is 0 Å². The minimum absolute atomic E-state index is 0.339. The Morgan fingerprint density at radius 3 is 2.50 bits per heavy atom. The van der Waals surface area contributed by atoms with Crippen LogP contribution >= 0.6 is 0 Å². The van der Waals surface area contributed by atoms with E-state index in [0.717, 1.165) is 23.7 Å². The molecule has 0 bridgehead atoms.